The number of nitrogens with one attached hydrogen (secondary N) is 1. The van der Waals surface area contributed by atoms with E-state index in [0.717, 1.165) is 38.6 Å². The van der Waals surface area contributed by atoms with Crippen molar-refractivity contribution in [3.8, 4) is 5.88 Å². The van der Waals surface area contributed by atoms with Crippen molar-refractivity contribution in [2.45, 2.75) is 77.0 Å². The highest BCUT2D eigenvalue weighted by Gasteiger charge is 2.52. The van der Waals surface area contributed by atoms with Crippen LogP contribution in [-0.4, -0.2) is 29.3 Å². The molecule has 150 valence electrons. The maximum Gasteiger partial charge on any atom is 0.310 e. The van der Waals surface area contributed by atoms with Gasteiger partial charge < -0.3 is 9.47 Å². The minimum absolute atomic E-state index is 0.0908. The summed E-state index contributed by atoms with van der Waals surface area (Å²) in [6.07, 6.45) is 9.59. The van der Waals surface area contributed by atoms with E-state index in [1.165, 1.54) is 19.3 Å². The van der Waals surface area contributed by atoms with E-state index in [1.54, 1.807) is 18.3 Å². The smallest absolute Gasteiger partial charge is 0.310 e. The predicted octanol–water partition coefficient (Wildman–Crippen LogP) is 4.73. The molecule has 6 heteroatoms. The van der Waals surface area contributed by atoms with Crippen LogP contribution in [0, 0.1) is 11.8 Å². The Hall–Kier alpha value is -1.33. The molecule has 1 aromatic heterocycles. The van der Waals surface area contributed by atoms with Crippen LogP contribution in [0.5, 0.6) is 5.88 Å². The number of carbonyl (C=O) groups is 1. The van der Waals surface area contributed by atoms with E-state index in [2.05, 4.69) is 17.2 Å². The molecule has 4 rings (SSSR count). The summed E-state index contributed by atoms with van der Waals surface area (Å²) in [5.74, 6) is 0.847. The van der Waals surface area contributed by atoms with Gasteiger partial charge in [-0.3, -0.25) is 10.1 Å². The van der Waals surface area contributed by atoms with Crippen molar-refractivity contribution in [2.75, 3.05) is 6.54 Å². The first-order valence-electron chi connectivity index (χ1n) is 10.3. The zero-order valence-corrected chi connectivity index (χ0v) is 17.1. The molecule has 27 heavy (non-hydrogen) atoms. The number of unbranched alkanes of at least 4 members (excludes halogenated alkanes) is 3. The molecule has 2 aliphatic heterocycles. The molecular weight excluding hydrogens is 364 g/mol. The zero-order chi connectivity index (χ0) is 19.3. The Bertz CT molecular complexity index is 614. The molecule has 1 unspecified atom stereocenters. The Balaban J connectivity index is 1.62. The van der Waals surface area contributed by atoms with Crippen LogP contribution < -0.4 is 10.1 Å². The first-order valence-corrected chi connectivity index (χ1v) is 10.7. The van der Waals surface area contributed by atoms with Crippen LogP contribution in [0.1, 0.15) is 65.2 Å². The van der Waals surface area contributed by atoms with E-state index >= 15 is 0 Å². The van der Waals surface area contributed by atoms with Gasteiger partial charge in [0, 0.05) is 25.2 Å². The van der Waals surface area contributed by atoms with Gasteiger partial charge in [-0.15, -0.1) is 0 Å². The summed E-state index contributed by atoms with van der Waals surface area (Å²) >= 11 is 5.91. The van der Waals surface area contributed by atoms with E-state index in [4.69, 9.17) is 21.1 Å². The number of esters is 1. The number of hydrogen-bond donors (Lipinski definition) is 1. The van der Waals surface area contributed by atoms with Gasteiger partial charge in [0.2, 0.25) is 11.6 Å². The lowest BCUT2D eigenvalue weighted by Crippen LogP contribution is -2.67. The lowest BCUT2D eigenvalue weighted by atomic mass is 9.76. The first kappa shape index (κ1) is 20.4. The molecule has 2 saturated heterocycles. The van der Waals surface area contributed by atoms with Crippen molar-refractivity contribution in [3.63, 3.8) is 0 Å². The third kappa shape index (κ3) is 5.14. The molecule has 4 atom stereocenters. The third-order valence-corrected chi connectivity index (χ3v) is 6.04. The van der Waals surface area contributed by atoms with Crippen molar-refractivity contribution in [1.82, 2.24) is 10.3 Å². The monoisotopic (exact) mass is 394 g/mol. The van der Waals surface area contributed by atoms with Gasteiger partial charge in [0.05, 0.1) is 10.9 Å². The Morgan fingerprint density at radius 2 is 2.26 bits per heavy atom. The molecule has 3 fully saturated rings. The number of pyridine rings is 1. The first-order chi connectivity index (χ1) is 13.0. The largest absolute Gasteiger partial charge is 0.469 e. The van der Waals surface area contributed by atoms with E-state index in [0.29, 0.717) is 16.8 Å². The summed E-state index contributed by atoms with van der Waals surface area (Å²) < 4.78 is 12.2. The van der Waals surface area contributed by atoms with E-state index < -0.39 is 5.72 Å². The van der Waals surface area contributed by atoms with Gasteiger partial charge >= 0.3 is 5.97 Å². The average Bonchev–Trinajstić information content (AvgIpc) is 2.68. The number of hydrogen-bond acceptors (Lipinski definition) is 5. The maximum absolute atomic E-state index is 12.7. The fourth-order valence-electron chi connectivity index (χ4n) is 4.04. The summed E-state index contributed by atoms with van der Waals surface area (Å²) in [4.78, 5) is 17.0. The van der Waals surface area contributed by atoms with Crippen molar-refractivity contribution in [3.05, 3.63) is 23.4 Å². The van der Waals surface area contributed by atoms with Crippen molar-refractivity contribution in [2.24, 2.45) is 11.8 Å². The number of halogens is 1. The molecule has 1 saturated carbocycles. The average molecular weight is 395 g/mol. The van der Waals surface area contributed by atoms with Crippen LogP contribution in [0.4, 0.5) is 0 Å². The van der Waals surface area contributed by atoms with Gasteiger partial charge in [0.15, 0.2) is 6.10 Å². The van der Waals surface area contributed by atoms with Gasteiger partial charge in [0.25, 0.3) is 0 Å². The number of piperidine rings is 2. The molecular formula is C21H31ClN2O3. The summed E-state index contributed by atoms with van der Waals surface area (Å²) in [5, 5.41) is 4.03. The highest BCUT2D eigenvalue weighted by Crippen LogP contribution is 2.40. The lowest BCUT2D eigenvalue weighted by molar-refractivity contribution is -0.203. The topological polar surface area (TPSA) is 60.5 Å². The van der Waals surface area contributed by atoms with Gasteiger partial charge in [-0.2, -0.15) is 0 Å². The molecule has 0 aromatic carbocycles. The molecule has 1 N–H and O–H groups in total. The number of aromatic nitrogens is 1. The predicted molar refractivity (Wildman–Crippen MR) is 106 cm³/mol. The van der Waals surface area contributed by atoms with E-state index in [1.807, 2.05) is 6.92 Å². The molecule has 3 aliphatic rings. The molecule has 0 spiro atoms. The van der Waals surface area contributed by atoms with Crippen LogP contribution in [-0.2, 0) is 9.53 Å². The molecule has 1 aromatic rings. The molecule has 2 bridgehead atoms. The number of carbonyl (C=O) groups excluding carboxylic acids is 1. The van der Waals surface area contributed by atoms with Gasteiger partial charge in [-0.25, -0.2) is 4.98 Å². The molecule has 5 nitrogen and oxygen atoms in total. The Morgan fingerprint density at radius 1 is 1.41 bits per heavy atom. The minimum atomic E-state index is -0.745. The second kappa shape index (κ2) is 9.24. The van der Waals surface area contributed by atoms with E-state index in [-0.39, 0.29) is 18.0 Å². The molecule has 0 radical (unpaired) electrons. The number of ether oxygens (including phenoxy) is 2. The second-order valence-electron chi connectivity index (χ2n) is 8.00. The van der Waals surface area contributed by atoms with Gasteiger partial charge in [-0.1, -0.05) is 51.1 Å². The Morgan fingerprint density at radius 3 is 2.93 bits per heavy atom. The normalized spacial score (nSPS) is 28.0. The maximum atomic E-state index is 12.7. The van der Waals surface area contributed by atoms with Crippen molar-refractivity contribution < 1.29 is 14.3 Å². The highest BCUT2D eigenvalue weighted by molar-refractivity contribution is 6.30. The second-order valence-corrected chi connectivity index (χ2v) is 8.44. The Kier molecular flexibility index (Phi) is 6.99. The van der Waals surface area contributed by atoms with Crippen LogP contribution in [0.25, 0.3) is 0 Å². The fraction of sp³-hybridized carbons (Fsp3) is 0.714. The summed E-state index contributed by atoms with van der Waals surface area (Å²) in [5.41, 5.74) is -0.745. The van der Waals surface area contributed by atoms with Crippen LogP contribution in [0.2, 0.25) is 5.02 Å². The highest BCUT2D eigenvalue weighted by atomic mass is 35.5. The van der Waals surface area contributed by atoms with Crippen LogP contribution in [0.15, 0.2) is 18.3 Å². The molecule has 1 aliphatic carbocycles. The molecule has 0 amide bonds. The van der Waals surface area contributed by atoms with Crippen LogP contribution in [0.3, 0.4) is 0 Å². The minimum Gasteiger partial charge on any atom is -0.469 e. The Labute approximate surface area is 167 Å². The summed E-state index contributed by atoms with van der Waals surface area (Å²) in [7, 11) is 0. The van der Waals surface area contributed by atoms with Gasteiger partial charge in [-0.05, 0) is 31.2 Å². The van der Waals surface area contributed by atoms with Crippen molar-refractivity contribution in [1.29, 1.82) is 0 Å². The SMILES string of the molecule is CCCCCCC(C)C(=O)O[C@]12CC[C@@H](CN1)C[C@H]2Oc1ccc(Cl)cn1. The van der Waals surface area contributed by atoms with Crippen LogP contribution >= 0.6 is 11.6 Å². The van der Waals surface area contributed by atoms with Gasteiger partial charge in [0.1, 0.15) is 0 Å². The standard InChI is InChI=1S/C21H31ClN2O3/c1-3-4-5-6-7-15(2)20(25)27-21-11-10-16(13-24-21)12-18(21)26-19-9-8-17(22)14-23-19/h8-9,14-16,18,24H,3-7,10-13H2,1-2H3/t15?,16-,18-,21+/m1/s1. The number of fused-ring (bicyclic) bond motifs is 3. The summed E-state index contributed by atoms with van der Waals surface area (Å²) in [6, 6.07) is 3.52. The number of nitrogens with zero attached hydrogens (tertiary/aromatic N) is 1. The fourth-order valence-corrected chi connectivity index (χ4v) is 4.16. The molecule has 3 heterocycles. The quantitative estimate of drug-likeness (QED) is 0.484. The lowest BCUT2D eigenvalue weighted by Gasteiger charge is -2.50. The zero-order valence-electron chi connectivity index (χ0n) is 16.4. The number of rotatable bonds is 9. The van der Waals surface area contributed by atoms with Crippen molar-refractivity contribution >= 4 is 17.6 Å². The summed E-state index contributed by atoms with van der Waals surface area (Å²) in [6.45, 7) is 5.03. The third-order valence-electron chi connectivity index (χ3n) is 5.82. The van der Waals surface area contributed by atoms with E-state index in [9.17, 15) is 4.79 Å².